The summed E-state index contributed by atoms with van der Waals surface area (Å²) in [4.78, 5) is 0. The Balaban J connectivity index is 2.51. The van der Waals surface area contributed by atoms with Gasteiger partial charge in [-0.15, -0.1) is 0 Å². The maximum absolute atomic E-state index is 6.12. The number of ether oxygens (including phenoxy) is 2. The highest BCUT2D eigenvalue weighted by Gasteiger charge is 2.21. The first-order valence-electron chi connectivity index (χ1n) is 5.38. The first-order chi connectivity index (χ1) is 6.79. The Hall–Kier alpha value is -0.540. The molecule has 2 unspecified atom stereocenters. The fourth-order valence-corrected chi connectivity index (χ4v) is 1.80. The minimum atomic E-state index is 0.000231. The molecule has 3 heteroatoms. The standard InChI is InChI=1S/C11H21NO2/c1-3-5-10(13-2)11(12)9-6-4-7-14-8-9/h8,10-11H,3-7,12H2,1-2H3. The van der Waals surface area contributed by atoms with Crippen molar-refractivity contribution in [3.05, 3.63) is 11.8 Å². The second-order valence-corrected chi connectivity index (χ2v) is 3.76. The number of methoxy groups -OCH3 is 1. The SMILES string of the molecule is CCCC(OC)C(N)C1=COCCC1. The molecule has 0 aliphatic carbocycles. The lowest BCUT2D eigenvalue weighted by Gasteiger charge is -2.26. The number of hydrogen-bond donors (Lipinski definition) is 1. The van der Waals surface area contributed by atoms with Gasteiger partial charge in [-0.25, -0.2) is 0 Å². The Kier molecular flexibility index (Phi) is 4.98. The van der Waals surface area contributed by atoms with Crippen LogP contribution in [-0.4, -0.2) is 25.9 Å². The molecule has 1 rings (SSSR count). The van der Waals surface area contributed by atoms with Gasteiger partial charge in [0, 0.05) is 7.11 Å². The van der Waals surface area contributed by atoms with Crippen LogP contribution in [0.25, 0.3) is 0 Å². The third-order valence-electron chi connectivity index (χ3n) is 2.67. The Labute approximate surface area is 86.3 Å². The molecule has 3 nitrogen and oxygen atoms in total. The largest absolute Gasteiger partial charge is 0.501 e. The second kappa shape index (κ2) is 6.04. The smallest absolute Gasteiger partial charge is 0.0876 e. The third-order valence-corrected chi connectivity index (χ3v) is 2.67. The van der Waals surface area contributed by atoms with E-state index in [4.69, 9.17) is 15.2 Å². The van der Waals surface area contributed by atoms with Crippen LogP contribution in [-0.2, 0) is 9.47 Å². The molecule has 82 valence electrons. The van der Waals surface area contributed by atoms with E-state index in [1.807, 2.05) is 6.26 Å². The van der Waals surface area contributed by atoms with Crippen LogP contribution in [0.4, 0.5) is 0 Å². The summed E-state index contributed by atoms with van der Waals surface area (Å²) in [7, 11) is 1.73. The molecule has 0 aromatic rings. The minimum Gasteiger partial charge on any atom is -0.501 e. The quantitative estimate of drug-likeness (QED) is 0.734. The van der Waals surface area contributed by atoms with E-state index in [0.717, 1.165) is 32.3 Å². The molecule has 0 bridgehead atoms. The van der Waals surface area contributed by atoms with Gasteiger partial charge in [-0.05, 0) is 24.8 Å². The van der Waals surface area contributed by atoms with E-state index in [1.165, 1.54) is 5.57 Å². The molecule has 0 spiro atoms. The molecule has 14 heavy (non-hydrogen) atoms. The lowest BCUT2D eigenvalue weighted by atomic mass is 9.96. The predicted octanol–water partition coefficient (Wildman–Crippen LogP) is 1.82. The van der Waals surface area contributed by atoms with Crippen LogP contribution in [0.2, 0.25) is 0 Å². The monoisotopic (exact) mass is 199 g/mol. The van der Waals surface area contributed by atoms with Crippen molar-refractivity contribution in [3.63, 3.8) is 0 Å². The van der Waals surface area contributed by atoms with Crippen LogP contribution in [0.15, 0.2) is 11.8 Å². The highest BCUT2D eigenvalue weighted by atomic mass is 16.5. The van der Waals surface area contributed by atoms with E-state index in [2.05, 4.69) is 6.92 Å². The van der Waals surface area contributed by atoms with E-state index in [9.17, 15) is 0 Å². The zero-order valence-corrected chi connectivity index (χ0v) is 9.16. The molecule has 0 radical (unpaired) electrons. The summed E-state index contributed by atoms with van der Waals surface area (Å²) in [5.41, 5.74) is 7.31. The van der Waals surface area contributed by atoms with E-state index in [0.29, 0.717) is 0 Å². The average Bonchev–Trinajstić information content (AvgIpc) is 2.26. The first-order valence-corrected chi connectivity index (χ1v) is 5.38. The second-order valence-electron chi connectivity index (χ2n) is 3.76. The van der Waals surface area contributed by atoms with Crippen molar-refractivity contribution >= 4 is 0 Å². The highest BCUT2D eigenvalue weighted by molar-refractivity contribution is 5.11. The molecule has 0 fully saturated rings. The van der Waals surface area contributed by atoms with Crippen molar-refractivity contribution < 1.29 is 9.47 Å². The fraction of sp³-hybridized carbons (Fsp3) is 0.818. The molecule has 0 saturated carbocycles. The van der Waals surface area contributed by atoms with Gasteiger partial charge in [0.25, 0.3) is 0 Å². The maximum atomic E-state index is 6.12. The van der Waals surface area contributed by atoms with Crippen molar-refractivity contribution in [2.24, 2.45) is 5.73 Å². The third kappa shape index (κ3) is 3.00. The Morgan fingerprint density at radius 1 is 1.64 bits per heavy atom. The molecule has 2 atom stereocenters. The highest BCUT2D eigenvalue weighted by Crippen LogP contribution is 2.19. The Morgan fingerprint density at radius 3 is 2.93 bits per heavy atom. The molecule has 1 aliphatic heterocycles. The zero-order valence-electron chi connectivity index (χ0n) is 9.16. The molecule has 1 heterocycles. The lowest BCUT2D eigenvalue weighted by molar-refractivity contribution is 0.0775. The predicted molar refractivity (Wildman–Crippen MR) is 56.9 cm³/mol. The van der Waals surface area contributed by atoms with E-state index < -0.39 is 0 Å². The summed E-state index contributed by atoms with van der Waals surface area (Å²) in [5, 5.41) is 0. The Bertz CT molecular complexity index is 192. The minimum absolute atomic E-state index is 0.000231. The van der Waals surface area contributed by atoms with E-state index >= 15 is 0 Å². The number of nitrogens with two attached hydrogens (primary N) is 1. The molecule has 0 aromatic heterocycles. The van der Waals surface area contributed by atoms with Crippen molar-refractivity contribution in [3.8, 4) is 0 Å². The molecule has 1 aliphatic rings. The summed E-state index contributed by atoms with van der Waals surface area (Å²) >= 11 is 0. The van der Waals surface area contributed by atoms with Gasteiger partial charge in [-0.3, -0.25) is 0 Å². The lowest BCUT2D eigenvalue weighted by Crippen LogP contribution is -2.38. The van der Waals surface area contributed by atoms with Gasteiger partial charge < -0.3 is 15.2 Å². The summed E-state index contributed by atoms with van der Waals surface area (Å²) in [6, 6.07) is 0.000231. The van der Waals surface area contributed by atoms with Crippen LogP contribution >= 0.6 is 0 Å². The summed E-state index contributed by atoms with van der Waals surface area (Å²) < 4.78 is 10.7. The Morgan fingerprint density at radius 2 is 2.43 bits per heavy atom. The van der Waals surface area contributed by atoms with E-state index in [-0.39, 0.29) is 12.1 Å². The van der Waals surface area contributed by atoms with Crippen molar-refractivity contribution in [2.75, 3.05) is 13.7 Å². The molecule has 0 aromatic carbocycles. The van der Waals surface area contributed by atoms with Gasteiger partial charge in [0.15, 0.2) is 0 Å². The molecular formula is C11H21NO2. The van der Waals surface area contributed by atoms with Crippen LogP contribution < -0.4 is 5.73 Å². The molecule has 0 saturated heterocycles. The van der Waals surface area contributed by atoms with Gasteiger partial charge in [-0.1, -0.05) is 13.3 Å². The number of rotatable bonds is 5. The van der Waals surface area contributed by atoms with Gasteiger partial charge in [0.1, 0.15) is 0 Å². The van der Waals surface area contributed by atoms with Crippen LogP contribution in [0.3, 0.4) is 0 Å². The molecule has 2 N–H and O–H groups in total. The summed E-state index contributed by atoms with van der Waals surface area (Å²) in [6.07, 6.45) is 6.17. The van der Waals surface area contributed by atoms with Crippen molar-refractivity contribution in [1.82, 2.24) is 0 Å². The topological polar surface area (TPSA) is 44.5 Å². The fourth-order valence-electron chi connectivity index (χ4n) is 1.80. The molecular weight excluding hydrogens is 178 g/mol. The van der Waals surface area contributed by atoms with Gasteiger partial charge >= 0.3 is 0 Å². The summed E-state index contributed by atoms with van der Waals surface area (Å²) in [5.74, 6) is 0. The summed E-state index contributed by atoms with van der Waals surface area (Å²) in [6.45, 7) is 2.96. The zero-order chi connectivity index (χ0) is 10.4. The van der Waals surface area contributed by atoms with Gasteiger partial charge in [0.05, 0.1) is 25.0 Å². The normalized spacial score (nSPS) is 20.9. The first kappa shape index (κ1) is 11.5. The van der Waals surface area contributed by atoms with Gasteiger partial charge in [0.2, 0.25) is 0 Å². The van der Waals surface area contributed by atoms with Crippen molar-refractivity contribution in [1.29, 1.82) is 0 Å². The molecule has 0 amide bonds. The van der Waals surface area contributed by atoms with Crippen LogP contribution in [0.1, 0.15) is 32.6 Å². The maximum Gasteiger partial charge on any atom is 0.0876 e. The number of hydrogen-bond acceptors (Lipinski definition) is 3. The average molecular weight is 199 g/mol. The van der Waals surface area contributed by atoms with E-state index in [1.54, 1.807) is 7.11 Å². The van der Waals surface area contributed by atoms with Gasteiger partial charge in [-0.2, -0.15) is 0 Å². The van der Waals surface area contributed by atoms with Crippen LogP contribution in [0.5, 0.6) is 0 Å². The van der Waals surface area contributed by atoms with Crippen LogP contribution in [0, 0.1) is 0 Å². The van der Waals surface area contributed by atoms with Crippen molar-refractivity contribution in [2.45, 2.75) is 44.8 Å².